The van der Waals surface area contributed by atoms with Crippen molar-refractivity contribution in [2.45, 2.75) is 70.3 Å². The van der Waals surface area contributed by atoms with E-state index in [4.69, 9.17) is 9.47 Å². The van der Waals surface area contributed by atoms with Crippen molar-refractivity contribution in [1.29, 1.82) is 0 Å². The Balaban J connectivity index is 1.83. The molecule has 238 valence electrons. The standard InChI is InChI=1S/C31H28F9NO3/c1-5-25-27(18-10-21(30(35,36)37)14-22(11-18)31(38,39)40)44-28(42)41(25)15-19-12-20(29(32,33)34)7-8-23(19)24-13-17(16(2)3)6-9-26(24)43-4/h6-14,16,25,27H,5,15H2,1-4H3/t25-,27-/m1/s1. The van der Waals surface area contributed by atoms with E-state index in [2.05, 4.69) is 0 Å². The molecule has 13 heteroatoms. The van der Waals surface area contributed by atoms with Gasteiger partial charge < -0.3 is 9.47 Å². The molecule has 0 bridgehead atoms. The van der Waals surface area contributed by atoms with Crippen molar-refractivity contribution in [3.8, 4) is 16.9 Å². The lowest BCUT2D eigenvalue weighted by Gasteiger charge is -2.26. The van der Waals surface area contributed by atoms with Crippen LogP contribution in [-0.2, 0) is 29.8 Å². The van der Waals surface area contributed by atoms with E-state index in [-0.39, 0.29) is 24.0 Å². The Kier molecular flexibility index (Phi) is 8.92. The second-order valence-electron chi connectivity index (χ2n) is 10.7. The maximum absolute atomic E-state index is 13.8. The first-order chi connectivity index (χ1) is 20.3. The largest absolute Gasteiger partial charge is 0.496 e. The van der Waals surface area contributed by atoms with Crippen molar-refractivity contribution in [3.63, 3.8) is 0 Å². The maximum Gasteiger partial charge on any atom is 0.416 e. The highest BCUT2D eigenvalue weighted by Crippen LogP contribution is 2.44. The van der Waals surface area contributed by atoms with Gasteiger partial charge in [-0.1, -0.05) is 32.9 Å². The molecule has 1 amide bonds. The number of nitrogens with zero attached hydrogens (tertiary/aromatic N) is 1. The molecular weight excluding hydrogens is 605 g/mol. The number of ether oxygens (including phenoxy) is 2. The number of halogens is 9. The molecule has 0 unspecified atom stereocenters. The van der Waals surface area contributed by atoms with Gasteiger partial charge in [-0.3, -0.25) is 4.90 Å². The molecule has 1 fully saturated rings. The Bertz CT molecular complexity index is 1490. The van der Waals surface area contributed by atoms with Gasteiger partial charge in [0.15, 0.2) is 0 Å². The van der Waals surface area contributed by atoms with Crippen molar-refractivity contribution >= 4 is 6.09 Å². The van der Waals surface area contributed by atoms with Crippen LogP contribution in [0.15, 0.2) is 54.6 Å². The summed E-state index contributed by atoms with van der Waals surface area (Å²) in [7, 11) is 1.39. The predicted molar refractivity (Wildman–Crippen MR) is 143 cm³/mol. The van der Waals surface area contributed by atoms with Gasteiger partial charge in [-0.2, -0.15) is 39.5 Å². The van der Waals surface area contributed by atoms with Gasteiger partial charge in [0.1, 0.15) is 11.9 Å². The van der Waals surface area contributed by atoms with Crippen molar-refractivity contribution in [3.05, 3.63) is 88.0 Å². The number of amides is 1. The number of rotatable bonds is 7. The lowest BCUT2D eigenvalue weighted by molar-refractivity contribution is -0.143. The zero-order chi connectivity index (χ0) is 32.8. The first-order valence-corrected chi connectivity index (χ1v) is 13.5. The van der Waals surface area contributed by atoms with Gasteiger partial charge in [-0.15, -0.1) is 0 Å². The number of cyclic esters (lactones) is 1. The van der Waals surface area contributed by atoms with Gasteiger partial charge in [0.2, 0.25) is 0 Å². The molecule has 0 aromatic heterocycles. The van der Waals surface area contributed by atoms with E-state index >= 15 is 0 Å². The van der Waals surface area contributed by atoms with E-state index in [1.165, 1.54) is 20.1 Å². The Labute approximate surface area is 247 Å². The third-order valence-corrected chi connectivity index (χ3v) is 7.52. The quantitative estimate of drug-likeness (QED) is 0.243. The molecular formula is C31H28F9NO3. The monoisotopic (exact) mass is 633 g/mol. The summed E-state index contributed by atoms with van der Waals surface area (Å²) < 4.78 is 133. The molecule has 0 aliphatic carbocycles. The third-order valence-electron chi connectivity index (χ3n) is 7.52. The molecule has 1 saturated heterocycles. The molecule has 0 radical (unpaired) electrons. The number of carbonyl (C=O) groups excluding carboxylic acids is 1. The lowest BCUT2D eigenvalue weighted by Crippen LogP contribution is -2.33. The average Bonchev–Trinajstić information content (AvgIpc) is 3.25. The van der Waals surface area contributed by atoms with Gasteiger partial charge in [0.25, 0.3) is 0 Å². The van der Waals surface area contributed by atoms with Crippen LogP contribution >= 0.6 is 0 Å². The molecule has 3 aromatic rings. The van der Waals surface area contributed by atoms with Crippen molar-refractivity contribution in [1.82, 2.24) is 4.90 Å². The van der Waals surface area contributed by atoms with Crippen molar-refractivity contribution < 1.29 is 53.8 Å². The zero-order valence-corrected chi connectivity index (χ0v) is 23.9. The molecule has 4 nitrogen and oxygen atoms in total. The minimum atomic E-state index is -5.13. The number of alkyl halides is 9. The SMILES string of the molecule is CC[C@@H]1[C@@H](c2cc(C(F)(F)F)cc(C(F)(F)F)c2)OC(=O)N1Cc1cc(C(F)(F)F)ccc1-c1cc(C(C)C)ccc1OC. The summed E-state index contributed by atoms with van der Waals surface area (Å²) in [5.41, 5.74) is -3.11. The second kappa shape index (κ2) is 11.9. The fraction of sp³-hybridized carbons (Fsp3) is 0.387. The van der Waals surface area contributed by atoms with Crippen LogP contribution in [0.5, 0.6) is 5.75 Å². The van der Waals surface area contributed by atoms with E-state index in [1.54, 1.807) is 18.2 Å². The minimum absolute atomic E-state index is 0.00839. The normalized spacial score (nSPS) is 17.8. The zero-order valence-electron chi connectivity index (χ0n) is 23.9. The first-order valence-electron chi connectivity index (χ1n) is 13.5. The molecule has 3 aromatic carbocycles. The average molecular weight is 634 g/mol. The van der Waals surface area contributed by atoms with E-state index in [1.807, 2.05) is 13.8 Å². The van der Waals surface area contributed by atoms with E-state index in [0.29, 0.717) is 29.0 Å². The van der Waals surface area contributed by atoms with Crippen LogP contribution in [0.2, 0.25) is 0 Å². The smallest absolute Gasteiger partial charge is 0.416 e. The van der Waals surface area contributed by atoms with E-state index < -0.39 is 65.6 Å². The molecule has 44 heavy (non-hydrogen) atoms. The van der Waals surface area contributed by atoms with Crippen molar-refractivity contribution in [2.75, 3.05) is 7.11 Å². The van der Waals surface area contributed by atoms with Crippen LogP contribution in [0, 0.1) is 0 Å². The predicted octanol–water partition coefficient (Wildman–Crippen LogP) is 10.0. The Hall–Kier alpha value is -3.90. The number of methoxy groups -OCH3 is 1. The molecule has 0 saturated carbocycles. The van der Waals surface area contributed by atoms with Gasteiger partial charge in [0, 0.05) is 5.56 Å². The van der Waals surface area contributed by atoms with Crippen LogP contribution in [0.4, 0.5) is 44.3 Å². The van der Waals surface area contributed by atoms with E-state index in [9.17, 15) is 44.3 Å². The molecule has 4 rings (SSSR count). The molecule has 1 aliphatic heterocycles. The number of hydrogen-bond acceptors (Lipinski definition) is 3. The van der Waals surface area contributed by atoms with E-state index in [0.717, 1.165) is 22.6 Å². The number of hydrogen-bond donors (Lipinski definition) is 0. The van der Waals surface area contributed by atoms with Crippen LogP contribution in [0.25, 0.3) is 11.1 Å². The lowest BCUT2D eigenvalue weighted by atomic mass is 9.91. The molecule has 1 heterocycles. The summed E-state index contributed by atoms with van der Waals surface area (Å²) in [6, 6.07) is 8.02. The van der Waals surface area contributed by atoms with Crippen LogP contribution in [0.1, 0.15) is 72.6 Å². The second-order valence-corrected chi connectivity index (χ2v) is 10.7. The highest BCUT2D eigenvalue weighted by molar-refractivity contribution is 5.76. The highest BCUT2D eigenvalue weighted by Gasteiger charge is 2.45. The summed E-state index contributed by atoms with van der Waals surface area (Å²) in [4.78, 5) is 14.1. The number of carbonyl (C=O) groups is 1. The summed E-state index contributed by atoms with van der Waals surface area (Å²) in [5, 5.41) is 0. The fourth-order valence-corrected chi connectivity index (χ4v) is 5.25. The minimum Gasteiger partial charge on any atom is -0.496 e. The topological polar surface area (TPSA) is 38.8 Å². The van der Waals surface area contributed by atoms with Gasteiger partial charge in [-0.05, 0) is 77.1 Å². The van der Waals surface area contributed by atoms with Crippen LogP contribution in [0.3, 0.4) is 0 Å². The molecule has 2 atom stereocenters. The summed E-state index contributed by atoms with van der Waals surface area (Å²) in [6.45, 7) is 4.90. The molecule has 1 aliphatic rings. The molecule has 0 N–H and O–H groups in total. The van der Waals surface area contributed by atoms with Gasteiger partial charge >= 0.3 is 24.6 Å². The van der Waals surface area contributed by atoms with Gasteiger partial charge in [0.05, 0.1) is 36.4 Å². The fourth-order valence-electron chi connectivity index (χ4n) is 5.25. The number of benzene rings is 3. The van der Waals surface area contributed by atoms with Gasteiger partial charge in [-0.25, -0.2) is 4.79 Å². The summed E-state index contributed by atoms with van der Waals surface area (Å²) in [6.07, 6.45) is -17.6. The summed E-state index contributed by atoms with van der Waals surface area (Å²) >= 11 is 0. The van der Waals surface area contributed by atoms with Crippen LogP contribution < -0.4 is 4.74 Å². The Morgan fingerprint density at radius 1 is 0.795 bits per heavy atom. The summed E-state index contributed by atoms with van der Waals surface area (Å²) in [5.74, 6) is 0.387. The van der Waals surface area contributed by atoms with Crippen LogP contribution in [-0.4, -0.2) is 24.1 Å². The first kappa shape index (κ1) is 33.0. The molecule has 0 spiro atoms. The van der Waals surface area contributed by atoms with Crippen molar-refractivity contribution in [2.24, 2.45) is 0 Å². The third kappa shape index (κ3) is 6.76. The maximum atomic E-state index is 13.8. The highest BCUT2D eigenvalue weighted by atomic mass is 19.4. The Morgan fingerprint density at radius 3 is 1.89 bits per heavy atom. The Morgan fingerprint density at radius 2 is 1.39 bits per heavy atom.